The standard InChI is InChI=1S/C13H17N3O/c1-16-13(14)9-11(15-16)8-7-10-5-3-4-6-12(10)17-2/h3-6,9H,7-8,14H2,1-2H3. The molecule has 0 atom stereocenters. The van der Waals surface area contributed by atoms with Gasteiger partial charge in [0.05, 0.1) is 12.8 Å². The number of rotatable bonds is 4. The molecule has 17 heavy (non-hydrogen) atoms. The average Bonchev–Trinajstić information content (AvgIpc) is 2.66. The predicted molar refractivity (Wildman–Crippen MR) is 68.0 cm³/mol. The fourth-order valence-electron chi connectivity index (χ4n) is 1.84. The molecule has 0 bridgehead atoms. The highest BCUT2D eigenvalue weighted by molar-refractivity contribution is 5.35. The Labute approximate surface area is 101 Å². The van der Waals surface area contributed by atoms with Crippen molar-refractivity contribution in [3.8, 4) is 5.75 Å². The van der Waals surface area contributed by atoms with Gasteiger partial charge in [0.15, 0.2) is 0 Å². The Morgan fingerprint density at radius 3 is 2.71 bits per heavy atom. The van der Waals surface area contributed by atoms with E-state index >= 15 is 0 Å². The molecule has 0 unspecified atom stereocenters. The number of benzene rings is 1. The highest BCUT2D eigenvalue weighted by atomic mass is 16.5. The molecule has 2 aromatic rings. The maximum absolute atomic E-state index is 5.74. The van der Waals surface area contributed by atoms with E-state index in [9.17, 15) is 0 Å². The third-order valence-corrected chi connectivity index (χ3v) is 2.81. The largest absolute Gasteiger partial charge is 0.496 e. The molecule has 1 heterocycles. The van der Waals surface area contributed by atoms with Crippen LogP contribution in [0.5, 0.6) is 5.75 Å². The first kappa shape index (κ1) is 11.5. The average molecular weight is 231 g/mol. The van der Waals surface area contributed by atoms with E-state index in [1.54, 1.807) is 11.8 Å². The molecule has 0 spiro atoms. The van der Waals surface area contributed by atoms with Crippen molar-refractivity contribution in [2.24, 2.45) is 7.05 Å². The third kappa shape index (κ3) is 2.58. The van der Waals surface area contributed by atoms with E-state index in [1.807, 2.05) is 31.3 Å². The van der Waals surface area contributed by atoms with Gasteiger partial charge in [-0.05, 0) is 24.5 Å². The number of nitrogens with zero attached hydrogens (tertiary/aromatic N) is 2. The van der Waals surface area contributed by atoms with E-state index in [0.717, 1.165) is 24.3 Å². The minimum atomic E-state index is 0.694. The van der Waals surface area contributed by atoms with Crippen LogP contribution in [-0.2, 0) is 19.9 Å². The molecule has 0 aliphatic heterocycles. The first-order valence-electron chi connectivity index (χ1n) is 5.61. The third-order valence-electron chi connectivity index (χ3n) is 2.81. The van der Waals surface area contributed by atoms with Gasteiger partial charge in [0.1, 0.15) is 11.6 Å². The summed E-state index contributed by atoms with van der Waals surface area (Å²) < 4.78 is 7.00. The molecule has 0 aliphatic rings. The Morgan fingerprint density at radius 1 is 1.29 bits per heavy atom. The van der Waals surface area contributed by atoms with Crippen molar-refractivity contribution < 1.29 is 4.74 Å². The lowest BCUT2D eigenvalue weighted by atomic mass is 10.1. The van der Waals surface area contributed by atoms with Crippen LogP contribution in [0.15, 0.2) is 30.3 Å². The number of methoxy groups -OCH3 is 1. The first-order valence-corrected chi connectivity index (χ1v) is 5.61. The van der Waals surface area contributed by atoms with Gasteiger partial charge in [-0.25, -0.2) is 0 Å². The highest BCUT2D eigenvalue weighted by Crippen LogP contribution is 2.19. The Hall–Kier alpha value is -1.97. The molecule has 1 aromatic heterocycles. The van der Waals surface area contributed by atoms with E-state index in [4.69, 9.17) is 10.5 Å². The van der Waals surface area contributed by atoms with Crippen LogP contribution in [0.2, 0.25) is 0 Å². The van der Waals surface area contributed by atoms with Gasteiger partial charge in [0.25, 0.3) is 0 Å². The summed E-state index contributed by atoms with van der Waals surface area (Å²) in [5.74, 6) is 1.62. The minimum absolute atomic E-state index is 0.694. The fourth-order valence-corrected chi connectivity index (χ4v) is 1.84. The number of aryl methyl sites for hydroxylation is 3. The predicted octanol–water partition coefficient (Wildman–Crippen LogP) is 1.80. The highest BCUT2D eigenvalue weighted by Gasteiger charge is 2.05. The van der Waals surface area contributed by atoms with Crippen molar-refractivity contribution in [2.75, 3.05) is 12.8 Å². The van der Waals surface area contributed by atoms with Gasteiger partial charge in [-0.15, -0.1) is 0 Å². The van der Waals surface area contributed by atoms with Crippen molar-refractivity contribution in [3.63, 3.8) is 0 Å². The molecule has 2 N–H and O–H groups in total. The Kier molecular flexibility index (Phi) is 3.32. The molecule has 4 heteroatoms. The Bertz CT molecular complexity index is 486. The van der Waals surface area contributed by atoms with E-state index in [2.05, 4.69) is 11.2 Å². The number of hydrogen-bond acceptors (Lipinski definition) is 3. The molecule has 0 saturated heterocycles. The molecule has 0 aliphatic carbocycles. The maximum Gasteiger partial charge on any atom is 0.122 e. The first-order chi connectivity index (χ1) is 8.20. The molecule has 0 amide bonds. The van der Waals surface area contributed by atoms with E-state index in [-0.39, 0.29) is 0 Å². The maximum atomic E-state index is 5.74. The van der Waals surface area contributed by atoms with Gasteiger partial charge in [0.2, 0.25) is 0 Å². The quantitative estimate of drug-likeness (QED) is 0.873. The van der Waals surface area contributed by atoms with Crippen LogP contribution in [0.4, 0.5) is 5.82 Å². The van der Waals surface area contributed by atoms with Gasteiger partial charge < -0.3 is 10.5 Å². The summed E-state index contributed by atoms with van der Waals surface area (Å²) in [6.45, 7) is 0. The number of ether oxygens (including phenoxy) is 1. The van der Waals surface area contributed by atoms with Crippen LogP contribution in [0, 0.1) is 0 Å². The van der Waals surface area contributed by atoms with E-state index in [0.29, 0.717) is 5.82 Å². The van der Waals surface area contributed by atoms with Crippen LogP contribution < -0.4 is 10.5 Å². The summed E-state index contributed by atoms with van der Waals surface area (Å²) in [5.41, 5.74) is 7.95. The summed E-state index contributed by atoms with van der Waals surface area (Å²) in [6.07, 6.45) is 1.77. The second kappa shape index (κ2) is 4.91. The van der Waals surface area contributed by atoms with Crippen LogP contribution in [0.25, 0.3) is 0 Å². The Morgan fingerprint density at radius 2 is 2.06 bits per heavy atom. The van der Waals surface area contributed by atoms with E-state index < -0.39 is 0 Å². The molecule has 0 fully saturated rings. The monoisotopic (exact) mass is 231 g/mol. The molecular weight excluding hydrogens is 214 g/mol. The summed E-state index contributed by atoms with van der Waals surface area (Å²) >= 11 is 0. The Balaban J connectivity index is 2.07. The number of para-hydroxylation sites is 1. The van der Waals surface area contributed by atoms with Crippen molar-refractivity contribution in [2.45, 2.75) is 12.8 Å². The number of hydrogen-bond donors (Lipinski definition) is 1. The normalized spacial score (nSPS) is 10.5. The lowest BCUT2D eigenvalue weighted by molar-refractivity contribution is 0.409. The zero-order valence-corrected chi connectivity index (χ0v) is 10.2. The van der Waals surface area contributed by atoms with Gasteiger partial charge in [-0.3, -0.25) is 4.68 Å². The molecule has 4 nitrogen and oxygen atoms in total. The molecule has 0 radical (unpaired) electrons. The van der Waals surface area contributed by atoms with Crippen molar-refractivity contribution in [1.82, 2.24) is 9.78 Å². The van der Waals surface area contributed by atoms with Gasteiger partial charge in [-0.2, -0.15) is 5.10 Å². The summed E-state index contributed by atoms with van der Waals surface area (Å²) in [7, 11) is 3.54. The molecule has 0 saturated carbocycles. The molecular formula is C13H17N3O. The van der Waals surface area contributed by atoms with Crippen molar-refractivity contribution in [3.05, 3.63) is 41.6 Å². The fraction of sp³-hybridized carbons (Fsp3) is 0.308. The van der Waals surface area contributed by atoms with E-state index in [1.165, 1.54) is 5.56 Å². The smallest absolute Gasteiger partial charge is 0.122 e. The van der Waals surface area contributed by atoms with Crippen LogP contribution in [-0.4, -0.2) is 16.9 Å². The lowest BCUT2D eigenvalue weighted by Gasteiger charge is -2.06. The van der Waals surface area contributed by atoms with Crippen LogP contribution in [0.1, 0.15) is 11.3 Å². The zero-order chi connectivity index (χ0) is 12.3. The second-order valence-corrected chi connectivity index (χ2v) is 4.00. The molecule has 2 rings (SSSR count). The summed E-state index contributed by atoms with van der Waals surface area (Å²) in [6, 6.07) is 9.95. The van der Waals surface area contributed by atoms with Gasteiger partial charge in [-0.1, -0.05) is 18.2 Å². The van der Waals surface area contributed by atoms with Crippen LogP contribution >= 0.6 is 0 Å². The summed E-state index contributed by atoms with van der Waals surface area (Å²) in [4.78, 5) is 0. The van der Waals surface area contributed by atoms with Gasteiger partial charge >= 0.3 is 0 Å². The number of nitrogens with two attached hydrogens (primary N) is 1. The number of anilines is 1. The SMILES string of the molecule is COc1ccccc1CCc1cc(N)n(C)n1. The lowest BCUT2D eigenvalue weighted by Crippen LogP contribution is -1.98. The number of aromatic nitrogens is 2. The number of nitrogen functional groups attached to an aromatic ring is 1. The molecule has 90 valence electrons. The van der Waals surface area contributed by atoms with Gasteiger partial charge in [0, 0.05) is 13.1 Å². The zero-order valence-electron chi connectivity index (χ0n) is 10.2. The van der Waals surface area contributed by atoms with Crippen molar-refractivity contribution in [1.29, 1.82) is 0 Å². The topological polar surface area (TPSA) is 53.1 Å². The van der Waals surface area contributed by atoms with Crippen LogP contribution in [0.3, 0.4) is 0 Å². The second-order valence-electron chi connectivity index (χ2n) is 4.00. The summed E-state index contributed by atoms with van der Waals surface area (Å²) in [5, 5.41) is 4.33. The minimum Gasteiger partial charge on any atom is -0.496 e. The molecule has 1 aromatic carbocycles. The van der Waals surface area contributed by atoms with Crippen molar-refractivity contribution >= 4 is 5.82 Å².